The number of halogens is 1. The topological polar surface area (TPSA) is 74.8 Å². The summed E-state index contributed by atoms with van der Waals surface area (Å²) < 4.78 is 27.2. The lowest BCUT2D eigenvalue weighted by molar-refractivity contribution is 0.581. The van der Waals surface area contributed by atoms with Crippen LogP contribution in [0.1, 0.15) is 11.1 Å². The fraction of sp³-hybridized carbons (Fsp3) is 0.133. The average Bonchev–Trinajstić information content (AvgIpc) is 2.95. The Balaban J connectivity index is 1.80. The van der Waals surface area contributed by atoms with Crippen LogP contribution in [-0.2, 0) is 16.6 Å². The Morgan fingerprint density at radius 1 is 1.23 bits per heavy atom. The molecule has 1 heterocycles. The third kappa shape index (κ3) is 2.99. The number of nitrogens with one attached hydrogen (secondary N) is 2. The van der Waals surface area contributed by atoms with E-state index in [1.165, 1.54) is 6.07 Å². The van der Waals surface area contributed by atoms with Gasteiger partial charge in [0.15, 0.2) is 0 Å². The number of aromatic amines is 1. The molecule has 1 aromatic heterocycles. The number of H-pyrrole nitrogens is 1. The van der Waals surface area contributed by atoms with Crippen LogP contribution in [0, 0.1) is 6.92 Å². The van der Waals surface area contributed by atoms with Crippen LogP contribution < -0.4 is 4.72 Å². The van der Waals surface area contributed by atoms with Crippen LogP contribution in [0.15, 0.2) is 47.6 Å². The summed E-state index contributed by atoms with van der Waals surface area (Å²) in [5.74, 6) is 0. The number of nitrogens with zero attached hydrogens (tertiary/aromatic N) is 1. The summed E-state index contributed by atoms with van der Waals surface area (Å²) in [6.07, 6.45) is 1.60. The van der Waals surface area contributed by atoms with Gasteiger partial charge < -0.3 is 4.98 Å². The smallest absolute Gasteiger partial charge is 0.240 e. The third-order valence-corrected chi connectivity index (χ3v) is 5.21. The maximum absolute atomic E-state index is 12.3. The van der Waals surface area contributed by atoms with Crippen molar-refractivity contribution in [2.75, 3.05) is 0 Å². The van der Waals surface area contributed by atoms with E-state index >= 15 is 0 Å². The standard InChI is InChI=1S/C15H14ClN3O2S/c1-10-2-4-12(7-13(10)16)22(20,21)19-8-11-3-5-14-15(6-11)18-9-17-14/h2-7,9,19H,8H2,1H3,(H,17,18). The second-order valence-electron chi connectivity index (χ2n) is 4.99. The number of sulfonamides is 1. The number of hydrogen-bond donors (Lipinski definition) is 2. The van der Waals surface area contributed by atoms with Crippen molar-refractivity contribution in [1.29, 1.82) is 0 Å². The summed E-state index contributed by atoms with van der Waals surface area (Å²) in [5, 5.41) is 0.432. The van der Waals surface area contributed by atoms with E-state index in [9.17, 15) is 8.42 Å². The van der Waals surface area contributed by atoms with Gasteiger partial charge in [-0.1, -0.05) is 23.7 Å². The van der Waals surface area contributed by atoms with Crippen molar-refractivity contribution < 1.29 is 8.42 Å². The summed E-state index contributed by atoms with van der Waals surface area (Å²) in [7, 11) is -3.60. The van der Waals surface area contributed by atoms with Gasteiger partial charge >= 0.3 is 0 Å². The lowest BCUT2D eigenvalue weighted by Gasteiger charge is -2.08. The fourth-order valence-corrected chi connectivity index (χ4v) is 3.38. The molecule has 22 heavy (non-hydrogen) atoms. The Bertz CT molecular complexity index is 935. The molecule has 0 aliphatic carbocycles. The Morgan fingerprint density at radius 3 is 2.82 bits per heavy atom. The highest BCUT2D eigenvalue weighted by atomic mass is 35.5. The van der Waals surface area contributed by atoms with E-state index in [0.717, 1.165) is 22.2 Å². The number of benzene rings is 2. The predicted octanol–water partition coefficient (Wildman–Crippen LogP) is 3.00. The molecule has 0 unspecified atom stereocenters. The molecule has 0 amide bonds. The number of aromatic nitrogens is 2. The molecule has 0 aliphatic rings. The molecule has 0 atom stereocenters. The van der Waals surface area contributed by atoms with Gasteiger partial charge in [-0.05, 0) is 42.3 Å². The lowest BCUT2D eigenvalue weighted by Crippen LogP contribution is -2.23. The van der Waals surface area contributed by atoms with Gasteiger partial charge in [0, 0.05) is 11.6 Å². The van der Waals surface area contributed by atoms with Crippen molar-refractivity contribution in [2.24, 2.45) is 0 Å². The molecule has 0 bridgehead atoms. The number of fused-ring (bicyclic) bond motifs is 1. The molecule has 2 N–H and O–H groups in total. The van der Waals surface area contributed by atoms with Crippen molar-refractivity contribution >= 4 is 32.7 Å². The van der Waals surface area contributed by atoms with E-state index in [-0.39, 0.29) is 11.4 Å². The first-order valence-electron chi connectivity index (χ1n) is 6.63. The first-order valence-corrected chi connectivity index (χ1v) is 8.50. The van der Waals surface area contributed by atoms with E-state index in [1.807, 2.05) is 25.1 Å². The fourth-order valence-electron chi connectivity index (χ4n) is 2.10. The van der Waals surface area contributed by atoms with Gasteiger partial charge in [-0.2, -0.15) is 0 Å². The molecule has 5 nitrogen and oxygen atoms in total. The molecule has 7 heteroatoms. The first kappa shape index (κ1) is 15.0. The highest BCUT2D eigenvalue weighted by Gasteiger charge is 2.15. The minimum absolute atomic E-state index is 0.158. The van der Waals surface area contributed by atoms with Gasteiger partial charge in [-0.15, -0.1) is 0 Å². The maximum Gasteiger partial charge on any atom is 0.240 e. The van der Waals surface area contributed by atoms with Crippen molar-refractivity contribution in [3.63, 3.8) is 0 Å². The van der Waals surface area contributed by atoms with Crippen LogP contribution >= 0.6 is 11.6 Å². The van der Waals surface area contributed by atoms with Gasteiger partial charge in [0.2, 0.25) is 10.0 Å². The average molecular weight is 336 g/mol. The minimum atomic E-state index is -3.60. The van der Waals surface area contributed by atoms with Crippen molar-refractivity contribution in [2.45, 2.75) is 18.4 Å². The Morgan fingerprint density at radius 2 is 2.05 bits per heavy atom. The third-order valence-electron chi connectivity index (χ3n) is 3.40. The zero-order chi connectivity index (χ0) is 15.7. The molecule has 114 valence electrons. The van der Waals surface area contributed by atoms with Gasteiger partial charge in [0.25, 0.3) is 0 Å². The van der Waals surface area contributed by atoms with Crippen molar-refractivity contribution in [3.05, 3.63) is 58.9 Å². The largest absolute Gasteiger partial charge is 0.345 e. The summed E-state index contributed by atoms with van der Waals surface area (Å²) >= 11 is 5.99. The molecule has 3 rings (SSSR count). The zero-order valence-corrected chi connectivity index (χ0v) is 13.4. The second kappa shape index (κ2) is 5.72. The highest BCUT2D eigenvalue weighted by molar-refractivity contribution is 7.89. The van der Waals surface area contributed by atoms with E-state index in [1.54, 1.807) is 18.5 Å². The zero-order valence-electron chi connectivity index (χ0n) is 11.8. The maximum atomic E-state index is 12.3. The molecule has 0 spiro atoms. The molecule has 3 aromatic rings. The van der Waals surface area contributed by atoms with Crippen LogP contribution in [0.3, 0.4) is 0 Å². The Kier molecular flexibility index (Phi) is 3.90. The number of rotatable bonds is 4. The molecular weight excluding hydrogens is 322 g/mol. The molecule has 0 radical (unpaired) electrons. The van der Waals surface area contributed by atoms with E-state index < -0.39 is 10.0 Å². The summed E-state index contributed by atoms with van der Waals surface area (Å²) in [6, 6.07) is 10.2. The Labute approximate surface area is 133 Å². The van der Waals surface area contributed by atoms with E-state index in [0.29, 0.717) is 5.02 Å². The van der Waals surface area contributed by atoms with Crippen LogP contribution in [0.5, 0.6) is 0 Å². The summed E-state index contributed by atoms with van der Waals surface area (Å²) in [4.78, 5) is 7.28. The first-order chi connectivity index (χ1) is 10.5. The number of aryl methyl sites for hydroxylation is 1. The molecule has 2 aromatic carbocycles. The normalized spacial score (nSPS) is 11.9. The highest BCUT2D eigenvalue weighted by Crippen LogP contribution is 2.20. The van der Waals surface area contributed by atoms with Crippen LogP contribution in [0.2, 0.25) is 5.02 Å². The van der Waals surface area contributed by atoms with Gasteiger partial charge in [0.05, 0.1) is 22.3 Å². The van der Waals surface area contributed by atoms with E-state index in [2.05, 4.69) is 14.7 Å². The van der Waals surface area contributed by atoms with E-state index in [4.69, 9.17) is 11.6 Å². The van der Waals surface area contributed by atoms with Crippen LogP contribution in [0.25, 0.3) is 11.0 Å². The molecule has 0 fully saturated rings. The number of hydrogen-bond acceptors (Lipinski definition) is 3. The summed E-state index contributed by atoms with van der Waals surface area (Å²) in [5.41, 5.74) is 3.40. The van der Waals surface area contributed by atoms with Crippen molar-refractivity contribution in [1.82, 2.24) is 14.7 Å². The quantitative estimate of drug-likeness (QED) is 0.769. The van der Waals surface area contributed by atoms with Crippen molar-refractivity contribution in [3.8, 4) is 0 Å². The number of imidazole rings is 1. The second-order valence-corrected chi connectivity index (χ2v) is 7.16. The van der Waals surface area contributed by atoms with Gasteiger partial charge in [-0.3, -0.25) is 0 Å². The SMILES string of the molecule is Cc1ccc(S(=O)(=O)NCc2ccc3nc[nH]c3c2)cc1Cl. The Hall–Kier alpha value is -1.89. The molecular formula is C15H14ClN3O2S. The van der Waals surface area contributed by atoms with Gasteiger partial charge in [-0.25, -0.2) is 18.1 Å². The molecule has 0 saturated heterocycles. The summed E-state index contributed by atoms with van der Waals surface area (Å²) in [6.45, 7) is 2.02. The molecule has 0 aliphatic heterocycles. The lowest BCUT2D eigenvalue weighted by atomic mass is 10.2. The minimum Gasteiger partial charge on any atom is -0.345 e. The van der Waals surface area contributed by atoms with Gasteiger partial charge in [0.1, 0.15) is 0 Å². The van der Waals surface area contributed by atoms with Crippen LogP contribution in [0.4, 0.5) is 0 Å². The predicted molar refractivity (Wildman–Crippen MR) is 86.3 cm³/mol. The monoisotopic (exact) mass is 335 g/mol. The molecule has 0 saturated carbocycles. The van der Waals surface area contributed by atoms with Crippen LogP contribution in [-0.4, -0.2) is 18.4 Å².